The Bertz CT molecular complexity index is 455. The topological polar surface area (TPSA) is 41.1 Å². The SMILES string of the molecule is C[C@@H](NC(=O)C1(C)CCCNC1)c1cccc(Br)c1. The van der Waals surface area contributed by atoms with Crippen LogP contribution in [0.25, 0.3) is 0 Å². The molecule has 1 unspecified atom stereocenters. The molecule has 1 heterocycles. The first kappa shape index (κ1) is 14.5. The van der Waals surface area contributed by atoms with Gasteiger partial charge in [-0.15, -0.1) is 0 Å². The Hall–Kier alpha value is -0.870. The fourth-order valence-corrected chi connectivity index (χ4v) is 2.90. The van der Waals surface area contributed by atoms with Crippen LogP contribution in [0.5, 0.6) is 0 Å². The molecule has 0 aromatic heterocycles. The number of halogens is 1. The molecule has 1 aromatic carbocycles. The van der Waals surface area contributed by atoms with E-state index in [1.165, 1.54) is 0 Å². The number of carbonyl (C=O) groups is 1. The minimum atomic E-state index is -0.279. The third-order valence-corrected chi connectivity index (χ3v) is 4.33. The molecule has 2 N–H and O–H groups in total. The Balaban J connectivity index is 2.02. The van der Waals surface area contributed by atoms with E-state index in [9.17, 15) is 4.79 Å². The van der Waals surface area contributed by atoms with Crippen molar-refractivity contribution in [1.29, 1.82) is 0 Å². The second-order valence-electron chi connectivity index (χ2n) is 5.59. The minimum Gasteiger partial charge on any atom is -0.349 e. The van der Waals surface area contributed by atoms with Gasteiger partial charge < -0.3 is 10.6 Å². The van der Waals surface area contributed by atoms with Gasteiger partial charge in [-0.3, -0.25) is 4.79 Å². The summed E-state index contributed by atoms with van der Waals surface area (Å²) in [5.41, 5.74) is 0.841. The highest BCUT2D eigenvalue weighted by Gasteiger charge is 2.35. The van der Waals surface area contributed by atoms with Gasteiger partial charge >= 0.3 is 0 Å². The second kappa shape index (κ2) is 6.06. The zero-order valence-electron chi connectivity index (χ0n) is 11.5. The molecule has 0 saturated carbocycles. The van der Waals surface area contributed by atoms with E-state index in [0.29, 0.717) is 0 Å². The molecule has 1 amide bonds. The molecule has 1 aliphatic heterocycles. The Morgan fingerprint density at radius 1 is 1.53 bits per heavy atom. The molecular weight excluding hydrogens is 304 g/mol. The minimum absolute atomic E-state index is 0.0313. The highest BCUT2D eigenvalue weighted by atomic mass is 79.9. The van der Waals surface area contributed by atoms with Crippen molar-refractivity contribution >= 4 is 21.8 Å². The van der Waals surface area contributed by atoms with Crippen molar-refractivity contribution in [1.82, 2.24) is 10.6 Å². The first-order chi connectivity index (χ1) is 9.01. The molecule has 1 aromatic rings. The van der Waals surface area contributed by atoms with Crippen LogP contribution in [0.1, 0.15) is 38.3 Å². The molecule has 0 aliphatic carbocycles. The predicted molar refractivity (Wildman–Crippen MR) is 80.9 cm³/mol. The highest BCUT2D eigenvalue weighted by Crippen LogP contribution is 2.27. The van der Waals surface area contributed by atoms with E-state index in [4.69, 9.17) is 0 Å². The van der Waals surface area contributed by atoms with Crippen LogP contribution >= 0.6 is 15.9 Å². The van der Waals surface area contributed by atoms with Crippen LogP contribution < -0.4 is 10.6 Å². The second-order valence-corrected chi connectivity index (χ2v) is 6.51. The summed E-state index contributed by atoms with van der Waals surface area (Å²) in [6.45, 7) is 5.86. The number of hydrogen-bond donors (Lipinski definition) is 2. The Morgan fingerprint density at radius 3 is 2.95 bits per heavy atom. The lowest BCUT2D eigenvalue weighted by atomic mass is 9.81. The maximum absolute atomic E-state index is 12.4. The van der Waals surface area contributed by atoms with Gasteiger partial charge in [0.1, 0.15) is 0 Å². The van der Waals surface area contributed by atoms with Crippen LogP contribution in [0.3, 0.4) is 0 Å². The molecule has 19 heavy (non-hydrogen) atoms. The Labute approximate surface area is 123 Å². The molecule has 1 aliphatic rings. The first-order valence-corrected chi connectivity index (χ1v) is 7.58. The number of carbonyl (C=O) groups excluding carboxylic acids is 1. The maximum Gasteiger partial charge on any atom is 0.227 e. The van der Waals surface area contributed by atoms with E-state index in [1.807, 2.05) is 38.1 Å². The molecule has 104 valence electrons. The van der Waals surface area contributed by atoms with Crippen molar-refractivity contribution in [2.24, 2.45) is 5.41 Å². The third-order valence-electron chi connectivity index (χ3n) is 3.84. The van der Waals surface area contributed by atoms with Gasteiger partial charge in [0, 0.05) is 11.0 Å². The molecular formula is C15H21BrN2O. The summed E-state index contributed by atoms with van der Waals surface area (Å²) in [5, 5.41) is 6.44. The van der Waals surface area contributed by atoms with Gasteiger partial charge in [0.15, 0.2) is 0 Å². The fourth-order valence-electron chi connectivity index (χ4n) is 2.48. The molecule has 3 nitrogen and oxygen atoms in total. The van der Waals surface area contributed by atoms with E-state index in [-0.39, 0.29) is 17.4 Å². The van der Waals surface area contributed by atoms with Crippen LogP contribution in [0.4, 0.5) is 0 Å². The average Bonchev–Trinajstić information content (AvgIpc) is 2.39. The van der Waals surface area contributed by atoms with Gasteiger partial charge in [-0.05, 0) is 50.9 Å². The van der Waals surface area contributed by atoms with Gasteiger partial charge in [-0.25, -0.2) is 0 Å². The number of amides is 1. The molecule has 1 saturated heterocycles. The lowest BCUT2D eigenvalue weighted by Crippen LogP contribution is -2.49. The van der Waals surface area contributed by atoms with Crippen molar-refractivity contribution in [3.05, 3.63) is 34.3 Å². The Morgan fingerprint density at radius 2 is 2.32 bits per heavy atom. The van der Waals surface area contributed by atoms with Crippen molar-refractivity contribution in [3.8, 4) is 0 Å². The summed E-state index contributed by atoms with van der Waals surface area (Å²) in [4.78, 5) is 12.4. The largest absolute Gasteiger partial charge is 0.349 e. The maximum atomic E-state index is 12.4. The predicted octanol–water partition coefficient (Wildman–Crippen LogP) is 3.02. The molecule has 1 fully saturated rings. The molecule has 2 atom stereocenters. The highest BCUT2D eigenvalue weighted by molar-refractivity contribution is 9.10. The van der Waals surface area contributed by atoms with Crippen LogP contribution in [-0.2, 0) is 4.79 Å². The summed E-state index contributed by atoms with van der Waals surface area (Å²) in [6, 6.07) is 8.10. The average molecular weight is 325 g/mol. The zero-order valence-corrected chi connectivity index (χ0v) is 13.1. The van der Waals surface area contributed by atoms with Crippen LogP contribution in [-0.4, -0.2) is 19.0 Å². The lowest BCUT2D eigenvalue weighted by Gasteiger charge is -2.33. The number of rotatable bonds is 3. The smallest absolute Gasteiger partial charge is 0.227 e. The number of piperidine rings is 1. The van der Waals surface area contributed by atoms with Crippen LogP contribution in [0.2, 0.25) is 0 Å². The summed E-state index contributed by atoms with van der Waals surface area (Å²) >= 11 is 3.46. The molecule has 0 radical (unpaired) electrons. The number of hydrogen-bond acceptors (Lipinski definition) is 2. The van der Waals surface area contributed by atoms with Crippen LogP contribution in [0, 0.1) is 5.41 Å². The van der Waals surface area contributed by atoms with Gasteiger partial charge in [-0.1, -0.05) is 28.1 Å². The van der Waals surface area contributed by atoms with E-state index in [2.05, 4.69) is 26.6 Å². The summed E-state index contributed by atoms with van der Waals surface area (Å²) < 4.78 is 1.04. The third kappa shape index (κ3) is 3.57. The molecule has 2 rings (SSSR count). The lowest BCUT2D eigenvalue weighted by molar-refractivity contribution is -0.131. The standard InChI is InChI=1S/C15H21BrN2O/c1-11(12-5-3-6-13(16)9-12)18-14(19)15(2)7-4-8-17-10-15/h3,5-6,9,11,17H,4,7-8,10H2,1-2H3,(H,18,19)/t11-,15?/m1/s1. The summed E-state index contributed by atoms with van der Waals surface area (Å²) in [5.74, 6) is 0.146. The van der Waals surface area contributed by atoms with Gasteiger partial charge in [-0.2, -0.15) is 0 Å². The van der Waals surface area contributed by atoms with E-state index >= 15 is 0 Å². The van der Waals surface area contributed by atoms with Gasteiger partial charge in [0.2, 0.25) is 5.91 Å². The first-order valence-electron chi connectivity index (χ1n) is 6.78. The zero-order chi connectivity index (χ0) is 13.9. The van der Waals surface area contributed by atoms with Gasteiger partial charge in [0.05, 0.1) is 11.5 Å². The monoisotopic (exact) mass is 324 g/mol. The van der Waals surface area contributed by atoms with Crippen molar-refractivity contribution in [2.75, 3.05) is 13.1 Å². The molecule has 4 heteroatoms. The quantitative estimate of drug-likeness (QED) is 0.897. The number of nitrogens with one attached hydrogen (secondary N) is 2. The van der Waals surface area contributed by atoms with E-state index in [1.54, 1.807) is 0 Å². The van der Waals surface area contributed by atoms with E-state index in [0.717, 1.165) is 36.0 Å². The normalized spacial score (nSPS) is 24.8. The molecule has 0 bridgehead atoms. The molecule has 0 spiro atoms. The van der Waals surface area contributed by atoms with Crippen molar-refractivity contribution < 1.29 is 4.79 Å². The van der Waals surface area contributed by atoms with Crippen molar-refractivity contribution in [3.63, 3.8) is 0 Å². The number of benzene rings is 1. The van der Waals surface area contributed by atoms with Crippen LogP contribution in [0.15, 0.2) is 28.7 Å². The Kier molecular flexibility index (Phi) is 4.63. The summed E-state index contributed by atoms with van der Waals surface area (Å²) in [6.07, 6.45) is 2.02. The summed E-state index contributed by atoms with van der Waals surface area (Å²) in [7, 11) is 0. The van der Waals surface area contributed by atoms with Crippen molar-refractivity contribution in [2.45, 2.75) is 32.7 Å². The van der Waals surface area contributed by atoms with E-state index < -0.39 is 0 Å². The fraction of sp³-hybridized carbons (Fsp3) is 0.533. The van der Waals surface area contributed by atoms with Gasteiger partial charge in [0.25, 0.3) is 0 Å².